The Kier molecular flexibility index (Phi) is 4.41. The van der Waals surface area contributed by atoms with Crippen molar-refractivity contribution in [1.82, 2.24) is 24.7 Å². The molecule has 0 aliphatic heterocycles. The maximum absolute atomic E-state index is 11.4. The maximum Gasteiger partial charge on any atom is 0.355 e. The monoisotopic (exact) mass is 291 g/mol. The summed E-state index contributed by atoms with van der Waals surface area (Å²) < 4.78 is 1.43. The van der Waals surface area contributed by atoms with Crippen molar-refractivity contribution in [3.05, 3.63) is 28.1 Å². The van der Waals surface area contributed by atoms with Crippen molar-refractivity contribution >= 4 is 11.5 Å². The van der Waals surface area contributed by atoms with E-state index in [2.05, 4.69) is 25.4 Å². The highest BCUT2D eigenvalue weighted by Crippen LogP contribution is 2.27. The van der Waals surface area contributed by atoms with Crippen molar-refractivity contribution in [3.8, 4) is 5.82 Å². The van der Waals surface area contributed by atoms with E-state index in [1.807, 2.05) is 20.8 Å². The number of hydrogen-bond donors (Lipinski definition) is 1. The molecule has 1 N–H and O–H groups in total. The van der Waals surface area contributed by atoms with Crippen LogP contribution in [0.2, 0.25) is 0 Å². The first kappa shape index (κ1) is 14.8. The van der Waals surface area contributed by atoms with E-state index in [0.717, 1.165) is 0 Å². The molecule has 9 heteroatoms. The number of nitrogens with zero attached hydrogens (tertiary/aromatic N) is 6. The van der Waals surface area contributed by atoms with Crippen LogP contribution in [0.4, 0.5) is 11.5 Å². The molecule has 0 atom stereocenters. The molecule has 0 amide bonds. The summed E-state index contributed by atoms with van der Waals surface area (Å²) >= 11 is 0. The summed E-state index contributed by atoms with van der Waals surface area (Å²) in [6, 6.07) is 0. The van der Waals surface area contributed by atoms with Crippen LogP contribution in [0.25, 0.3) is 5.82 Å². The number of anilines is 1. The largest absolute Gasteiger partial charge is 0.364 e. The van der Waals surface area contributed by atoms with Crippen LogP contribution in [0.1, 0.15) is 32.4 Å². The number of aryl methyl sites for hydroxylation is 2. The Morgan fingerprint density at radius 3 is 2.62 bits per heavy atom. The van der Waals surface area contributed by atoms with E-state index in [1.54, 1.807) is 0 Å². The summed E-state index contributed by atoms with van der Waals surface area (Å²) in [7, 11) is 0. The van der Waals surface area contributed by atoms with Gasteiger partial charge in [0.25, 0.3) is 0 Å². The highest BCUT2D eigenvalue weighted by atomic mass is 16.6. The highest BCUT2D eigenvalue weighted by molar-refractivity contribution is 5.63. The normalized spacial score (nSPS) is 10.6. The predicted octanol–water partition coefficient (Wildman–Crippen LogP) is 1.52. The van der Waals surface area contributed by atoms with E-state index in [-0.39, 0.29) is 17.3 Å². The second-order valence-electron chi connectivity index (χ2n) is 4.25. The molecule has 0 unspecified atom stereocenters. The Balaban J connectivity index is 2.65. The average Bonchev–Trinajstić information content (AvgIpc) is 2.90. The molecule has 2 aromatic heterocycles. The molecule has 9 nitrogen and oxygen atoms in total. The number of aromatic nitrogens is 5. The first-order valence-corrected chi connectivity index (χ1v) is 6.80. The third kappa shape index (κ3) is 2.81. The van der Waals surface area contributed by atoms with Gasteiger partial charge in [-0.05, 0) is 6.92 Å². The lowest BCUT2D eigenvalue weighted by atomic mass is 10.4. The molecule has 0 radical (unpaired) electrons. The van der Waals surface area contributed by atoms with Gasteiger partial charge >= 0.3 is 5.69 Å². The lowest BCUT2D eigenvalue weighted by Gasteiger charge is -2.07. The lowest BCUT2D eigenvalue weighted by Crippen LogP contribution is -2.12. The summed E-state index contributed by atoms with van der Waals surface area (Å²) in [4.78, 5) is 23.2. The topological polar surface area (TPSA) is 112 Å². The van der Waals surface area contributed by atoms with Gasteiger partial charge in [0, 0.05) is 19.4 Å². The zero-order valence-electron chi connectivity index (χ0n) is 12.2. The summed E-state index contributed by atoms with van der Waals surface area (Å²) in [6.45, 7) is 6.21. The summed E-state index contributed by atoms with van der Waals surface area (Å²) in [6.07, 6.45) is 2.54. The molecular formula is C12H17N7O2. The van der Waals surface area contributed by atoms with Crippen LogP contribution >= 0.6 is 0 Å². The van der Waals surface area contributed by atoms with Crippen LogP contribution < -0.4 is 5.32 Å². The van der Waals surface area contributed by atoms with Crippen molar-refractivity contribution in [2.75, 3.05) is 11.9 Å². The second-order valence-corrected chi connectivity index (χ2v) is 4.25. The van der Waals surface area contributed by atoms with Gasteiger partial charge in [-0.2, -0.15) is 4.68 Å². The van der Waals surface area contributed by atoms with E-state index >= 15 is 0 Å². The quantitative estimate of drug-likeness (QED) is 0.634. The first-order valence-electron chi connectivity index (χ1n) is 6.80. The molecular weight excluding hydrogens is 274 g/mol. The lowest BCUT2D eigenvalue weighted by molar-refractivity contribution is -0.384. The van der Waals surface area contributed by atoms with E-state index in [4.69, 9.17) is 0 Å². The molecule has 0 saturated heterocycles. The highest BCUT2D eigenvalue weighted by Gasteiger charge is 2.26. The average molecular weight is 291 g/mol. The molecule has 0 aliphatic carbocycles. The predicted molar refractivity (Wildman–Crippen MR) is 76.5 cm³/mol. The number of nitrogens with one attached hydrogen (secondary N) is 1. The fraction of sp³-hybridized carbons (Fsp3) is 0.500. The van der Waals surface area contributed by atoms with Crippen molar-refractivity contribution in [2.24, 2.45) is 0 Å². The van der Waals surface area contributed by atoms with Crippen LogP contribution in [0.15, 0.2) is 6.33 Å². The van der Waals surface area contributed by atoms with Crippen LogP contribution in [0, 0.1) is 10.1 Å². The Bertz CT molecular complexity index is 653. The number of nitro groups is 1. The Hall–Kier alpha value is -2.58. The molecule has 2 rings (SSSR count). The third-order valence-corrected chi connectivity index (χ3v) is 2.88. The van der Waals surface area contributed by atoms with Gasteiger partial charge < -0.3 is 5.32 Å². The minimum Gasteiger partial charge on any atom is -0.364 e. The summed E-state index contributed by atoms with van der Waals surface area (Å²) in [5.74, 6) is 1.58. The molecule has 0 spiro atoms. The van der Waals surface area contributed by atoms with Gasteiger partial charge in [-0.25, -0.2) is 15.0 Å². The van der Waals surface area contributed by atoms with E-state index in [9.17, 15) is 10.1 Å². The van der Waals surface area contributed by atoms with Crippen LogP contribution in [0.5, 0.6) is 0 Å². The number of hydrogen-bond acceptors (Lipinski definition) is 7. The van der Waals surface area contributed by atoms with Crippen LogP contribution in [-0.4, -0.2) is 36.2 Å². The Labute approximate surface area is 121 Å². The van der Waals surface area contributed by atoms with E-state index in [0.29, 0.717) is 31.0 Å². The van der Waals surface area contributed by atoms with Crippen molar-refractivity contribution in [3.63, 3.8) is 0 Å². The van der Waals surface area contributed by atoms with Gasteiger partial charge in [0.2, 0.25) is 11.6 Å². The minimum atomic E-state index is -0.500. The van der Waals surface area contributed by atoms with Gasteiger partial charge in [-0.3, -0.25) is 10.1 Å². The van der Waals surface area contributed by atoms with Gasteiger partial charge in [-0.15, -0.1) is 5.10 Å². The Morgan fingerprint density at radius 2 is 2.05 bits per heavy atom. The SMILES string of the molecule is CCNc1ncnc(-n2nc(CC)nc2CC)c1[N+](=O)[O-]. The molecule has 0 aromatic carbocycles. The van der Waals surface area contributed by atoms with Crippen LogP contribution in [0.3, 0.4) is 0 Å². The second kappa shape index (κ2) is 6.25. The Morgan fingerprint density at radius 1 is 1.29 bits per heavy atom. The molecule has 2 aromatic rings. The minimum absolute atomic E-state index is 0.134. The van der Waals surface area contributed by atoms with E-state index in [1.165, 1.54) is 11.0 Å². The van der Waals surface area contributed by atoms with Gasteiger partial charge in [0.15, 0.2) is 5.82 Å². The zero-order chi connectivity index (χ0) is 15.4. The van der Waals surface area contributed by atoms with Crippen molar-refractivity contribution in [1.29, 1.82) is 0 Å². The molecule has 112 valence electrons. The van der Waals surface area contributed by atoms with Crippen LogP contribution in [-0.2, 0) is 12.8 Å². The van der Waals surface area contributed by atoms with Crippen molar-refractivity contribution < 1.29 is 4.92 Å². The zero-order valence-corrected chi connectivity index (χ0v) is 12.2. The molecule has 2 heterocycles. The fourth-order valence-electron chi connectivity index (χ4n) is 1.93. The van der Waals surface area contributed by atoms with Gasteiger partial charge in [0.05, 0.1) is 4.92 Å². The smallest absolute Gasteiger partial charge is 0.355 e. The summed E-state index contributed by atoms with van der Waals surface area (Å²) in [5.41, 5.74) is -0.193. The molecule has 0 aliphatic rings. The summed E-state index contributed by atoms with van der Waals surface area (Å²) in [5, 5.41) is 18.6. The first-order chi connectivity index (χ1) is 10.1. The number of rotatable bonds is 6. The molecule has 21 heavy (non-hydrogen) atoms. The maximum atomic E-state index is 11.4. The standard InChI is InChI=1S/C12H17N7O2/c1-4-8-16-9(5-2)18(17-8)12-10(19(20)21)11(13-6-3)14-7-15-12/h7H,4-6H2,1-3H3,(H,13,14,15). The molecule has 0 fully saturated rings. The van der Waals surface area contributed by atoms with E-state index < -0.39 is 4.92 Å². The fourth-order valence-corrected chi connectivity index (χ4v) is 1.93. The van der Waals surface area contributed by atoms with Gasteiger partial charge in [-0.1, -0.05) is 13.8 Å². The third-order valence-electron chi connectivity index (χ3n) is 2.88. The van der Waals surface area contributed by atoms with Crippen molar-refractivity contribution in [2.45, 2.75) is 33.6 Å². The molecule has 0 bridgehead atoms. The molecule has 0 saturated carbocycles. The van der Waals surface area contributed by atoms with Gasteiger partial charge in [0.1, 0.15) is 12.2 Å².